The fourth-order valence-corrected chi connectivity index (χ4v) is 2.09. The van der Waals surface area contributed by atoms with Crippen molar-refractivity contribution in [3.63, 3.8) is 0 Å². The molecule has 1 aliphatic carbocycles. The first-order valence-corrected chi connectivity index (χ1v) is 6.72. The van der Waals surface area contributed by atoms with E-state index in [4.69, 9.17) is 5.73 Å². The van der Waals surface area contributed by atoms with Crippen molar-refractivity contribution in [1.29, 1.82) is 0 Å². The van der Waals surface area contributed by atoms with Gasteiger partial charge in [-0.05, 0) is 39.7 Å². The van der Waals surface area contributed by atoms with E-state index in [2.05, 4.69) is 31.1 Å². The molecule has 1 rings (SSSR count). The zero-order valence-corrected chi connectivity index (χ0v) is 11.5. The predicted molar refractivity (Wildman–Crippen MR) is 70.8 cm³/mol. The maximum absolute atomic E-state index is 11.7. The molecule has 0 spiro atoms. The van der Waals surface area contributed by atoms with Crippen molar-refractivity contribution in [1.82, 2.24) is 10.2 Å². The maximum Gasteiger partial charge on any atom is 0.221 e. The van der Waals surface area contributed by atoms with Crippen LogP contribution < -0.4 is 11.1 Å². The Hall–Kier alpha value is -0.610. The van der Waals surface area contributed by atoms with Gasteiger partial charge in [-0.15, -0.1) is 0 Å². The fourth-order valence-electron chi connectivity index (χ4n) is 2.09. The highest BCUT2D eigenvalue weighted by Crippen LogP contribution is 2.31. The molecule has 0 saturated heterocycles. The molecule has 1 fully saturated rings. The monoisotopic (exact) mass is 241 g/mol. The van der Waals surface area contributed by atoms with Crippen molar-refractivity contribution < 1.29 is 4.79 Å². The van der Waals surface area contributed by atoms with E-state index in [1.165, 1.54) is 6.42 Å². The largest absolute Gasteiger partial charge is 0.355 e. The first-order valence-electron chi connectivity index (χ1n) is 6.72. The van der Waals surface area contributed by atoms with Crippen LogP contribution in [-0.2, 0) is 4.79 Å². The molecule has 0 aromatic heterocycles. The molecule has 1 saturated carbocycles. The van der Waals surface area contributed by atoms with Crippen LogP contribution in [0.3, 0.4) is 0 Å². The summed E-state index contributed by atoms with van der Waals surface area (Å²) in [5, 5.41) is 2.96. The molecule has 3 N–H and O–H groups in total. The third-order valence-corrected chi connectivity index (χ3v) is 3.99. The summed E-state index contributed by atoms with van der Waals surface area (Å²) in [5.74, 6) is 0.102. The van der Waals surface area contributed by atoms with Gasteiger partial charge in [0.15, 0.2) is 0 Å². The summed E-state index contributed by atoms with van der Waals surface area (Å²) in [6.07, 6.45) is 4.78. The number of nitrogens with two attached hydrogens (primary N) is 1. The third kappa shape index (κ3) is 4.64. The Labute approximate surface area is 105 Å². The van der Waals surface area contributed by atoms with Gasteiger partial charge in [0.05, 0.1) is 0 Å². The van der Waals surface area contributed by atoms with Crippen LogP contribution in [0.5, 0.6) is 0 Å². The van der Waals surface area contributed by atoms with E-state index >= 15 is 0 Å². The highest BCUT2D eigenvalue weighted by atomic mass is 16.1. The van der Waals surface area contributed by atoms with E-state index in [1.54, 1.807) is 0 Å². The van der Waals surface area contributed by atoms with E-state index in [9.17, 15) is 4.79 Å². The Kier molecular flexibility index (Phi) is 5.40. The molecule has 1 atom stereocenters. The second-order valence-corrected chi connectivity index (χ2v) is 5.48. The van der Waals surface area contributed by atoms with Crippen LogP contribution in [0.1, 0.15) is 46.0 Å². The Bertz CT molecular complexity index is 251. The summed E-state index contributed by atoms with van der Waals surface area (Å²) in [5.41, 5.74) is 5.83. The topological polar surface area (TPSA) is 58.4 Å². The van der Waals surface area contributed by atoms with Gasteiger partial charge in [-0.25, -0.2) is 0 Å². The van der Waals surface area contributed by atoms with Gasteiger partial charge < -0.3 is 16.0 Å². The van der Waals surface area contributed by atoms with Gasteiger partial charge >= 0.3 is 0 Å². The molecule has 17 heavy (non-hydrogen) atoms. The molecule has 0 aromatic carbocycles. The van der Waals surface area contributed by atoms with Crippen molar-refractivity contribution in [2.75, 3.05) is 20.1 Å². The summed E-state index contributed by atoms with van der Waals surface area (Å²) in [6, 6.07) is 0.569. The maximum atomic E-state index is 11.7. The van der Waals surface area contributed by atoms with Crippen molar-refractivity contribution >= 4 is 5.91 Å². The number of hydrogen-bond donors (Lipinski definition) is 2. The zero-order valence-electron chi connectivity index (χ0n) is 11.5. The Morgan fingerprint density at radius 2 is 2.18 bits per heavy atom. The van der Waals surface area contributed by atoms with Gasteiger partial charge in [0.25, 0.3) is 0 Å². The van der Waals surface area contributed by atoms with E-state index in [1.807, 2.05) is 0 Å². The van der Waals surface area contributed by atoms with Crippen LogP contribution in [0.15, 0.2) is 0 Å². The summed E-state index contributed by atoms with van der Waals surface area (Å²) in [6.45, 7) is 5.99. The first-order chi connectivity index (χ1) is 7.97. The highest BCUT2D eigenvalue weighted by Gasteiger charge is 2.34. The lowest BCUT2D eigenvalue weighted by Gasteiger charge is -2.37. The van der Waals surface area contributed by atoms with Crippen LogP contribution in [0.2, 0.25) is 0 Å². The van der Waals surface area contributed by atoms with Crippen LogP contribution in [0.25, 0.3) is 0 Å². The van der Waals surface area contributed by atoms with Crippen LogP contribution in [0, 0.1) is 0 Å². The number of carbonyl (C=O) groups excluding carboxylic acids is 1. The molecule has 4 nitrogen and oxygen atoms in total. The molecule has 0 heterocycles. The van der Waals surface area contributed by atoms with Crippen LogP contribution >= 0.6 is 0 Å². The first kappa shape index (κ1) is 14.5. The molecule has 1 aliphatic rings. The summed E-state index contributed by atoms with van der Waals surface area (Å²) in [7, 11) is 2.09. The lowest BCUT2D eigenvalue weighted by atomic mass is 9.75. The second kappa shape index (κ2) is 6.36. The normalized spacial score (nSPS) is 19.8. The summed E-state index contributed by atoms with van der Waals surface area (Å²) < 4.78 is 0. The Balaban J connectivity index is 2.11. The second-order valence-electron chi connectivity index (χ2n) is 5.48. The SMILES string of the molecule is CCC(C)N(C)CCNC(=O)CC1(N)CCC1. The molecule has 0 radical (unpaired) electrons. The predicted octanol–water partition coefficient (Wildman–Crippen LogP) is 1.10. The lowest BCUT2D eigenvalue weighted by Crippen LogP contribution is -2.50. The molecule has 0 bridgehead atoms. The minimum absolute atomic E-state index is 0.102. The molecule has 0 aliphatic heterocycles. The van der Waals surface area contributed by atoms with Crippen LogP contribution in [-0.4, -0.2) is 42.5 Å². The third-order valence-electron chi connectivity index (χ3n) is 3.99. The van der Waals surface area contributed by atoms with Crippen molar-refractivity contribution in [3.05, 3.63) is 0 Å². The standard InChI is InChI=1S/C13H27N3O/c1-4-11(2)16(3)9-8-15-12(17)10-13(14)6-5-7-13/h11H,4-10,14H2,1-3H3,(H,15,17). The number of nitrogens with zero attached hydrogens (tertiary/aromatic N) is 1. The Morgan fingerprint density at radius 3 is 2.65 bits per heavy atom. The zero-order chi connectivity index (χ0) is 12.9. The van der Waals surface area contributed by atoms with Crippen molar-refractivity contribution in [2.24, 2.45) is 5.73 Å². The Morgan fingerprint density at radius 1 is 1.53 bits per heavy atom. The van der Waals surface area contributed by atoms with Crippen LogP contribution in [0.4, 0.5) is 0 Å². The average Bonchev–Trinajstić information content (AvgIpc) is 2.25. The molecule has 1 unspecified atom stereocenters. The average molecular weight is 241 g/mol. The summed E-state index contributed by atoms with van der Waals surface area (Å²) in [4.78, 5) is 13.9. The van der Waals surface area contributed by atoms with E-state index < -0.39 is 0 Å². The van der Waals surface area contributed by atoms with Gasteiger partial charge in [-0.2, -0.15) is 0 Å². The molecule has 1 amide bonds. The number of rotatable bonds is 7. The number of nitrogens with one attached hydrogen (secondary N) is 1. The number of likely N-dealkylation sites (N-methyl/N-ethyl adjacent to an activating group) is 1. The minimum Gasteiger partial charge on any atom is -0.355 e. The van der Waals surface area contributed by atoms with Gasteiger partial charge in [-0.3, -0.25) is 4.79 Å². The number of amides is 1. The van der Waals surface area contributed by atoms with Crippen molar-refractivity contribution in [3.8, 4) is 0 Å². The minimum atomic E-state index is -0.202. The fraction of sp³-hybridized carbons (Fsp3) is 0.923. The number of hydrogen-bond acceptors (Lipinski definition) is 3. The van der Waals surface area contributed by atoms with E-state index in [-0.39, 0.29) is 11.4 Å². The quantitative estimate of drug-likeness (QED) is 0.702. The van der Waals surface area contributed by atoms with Crippen molar-refractivity contribution in [2.45, 2.75) is 57.5 Å². The number of carbonyl (C=O) groups is 1. The lowest BCUT2D eigenvalue weighted by molar-refractivity contribution is -0.123. The molecular weight excluding hydrogens is 214 g/mol. The molecule has 4 heteroatoms. The molecule has 0 aromatic rings. The molecular formula is C13H27N3O. The van der Waals surface area contributed by atoms with Gasteiger partial charge in [-0.1, -0.05) is 6.92 Å². The summed E-state index contributed by atoms with van der Waals surface area (Å²) >= 11 is 0. The van der Waals surface area contributed by atoms with E-state index in [0.717, 1.165) is 32.4 Å². The van der Waals surface area contributed by atoms with Gasteiger partial charge in [0.2, 0.25) is 5.91 Å². The van der Waals surface area contributed by atoms with E-state index in [0.29, 0.717) is 12.5 Å². The highest BCUT2D eigenvalue weighted by molar-refractivity contribution is 5.77. The van der Waals surface area contributed by atoms with Gasteiger partial charge in [0.1, 0.15) is 0 Å². The molecule has 100 valence electrons. The smallest absolute Gasteiger partial charge is 0.221 e. The van der Waals surface area contributed by atoms with Gasteiger partial charge in [0, 0.05) is 31.1 Å².